The number of carbonyl (C=O) groups excluding carboxylic acids is 2. The zero-order valence-electron chi connectivity index (χ0n) is 21.0. The van der Waals surface area contributed by atoms with Crippen LogP contribution in [0.5, 0.6) is 5.75 Å². The highest BCUT2D eigenvalue weighted by Crippen LogP contribution is 2.28. The smallest absolute Gasteiger partial charge is 0.261 e. The van der Waals surface area contributed by atoms with Crippen LogP contribution in [-0.2, 0) is 22.6 Å². The van der Waals surface area contributed by atoms with Crippen molar-refractivity contribution in [3.05, 3.63) is 98.4 Å². The molecule has 1 aliphatic rings. The first-order chi connectivity index (χ1) is 18.4. The van der Waals surface area contributed by atoms with Crippen LogP contribution in [0.2, 0.25) is 10.0 Å². The van der Waals surface area contributed by atoms with Gasteiger partial charge in [0.05, 0.1) is 4.47 Å². The van der Waals surface area contributed by atoms with Crippen molar-refractivity contribution in [2.45, 2.75) is 57.2 Å². The zero-order chi connectivity index (χ0) is 26.9. The third kappa shape index (κ3) is 7.98. The lowest BCUT2D eigenvalue weighted by atomic mass is 9.94. The highest BCUT2D eigenvalue weighted by Gasteiger charge is 2.32. The molecule has 1 saturated carbocycles. The standard InChI is InChI=1S/C30H31BrCl2N2O3/c31-25-18-23(32)15-16-28(25)38-20-29(36)35(19-22-11-7-8-14-26(22)33)27(17-21-9-3-1-4-10-21)30(37)34-24-12-5-2-6-13-24/h1,3-4,7-11,14-16,18,24,27H,2,5-6,12-13,17,19-20H2,(H,34,37). The molecule has 3 aromatic rings. The van der Waals surface area contributed by atoms with Crippen molar-refractivity contribution in [1.29, 1.82) is 0 Å². The molecule has 0 spiro atoms. The molecular formula is C30H31BrCl2N2O3. The Balaban J connectivity index is 1.62. The van der Waals surface area contributed by atoms with Crippen molar-refractivity contribution in [3.8, 4) is 5.75 Å². The summed E-state index contributed by atoms with van der Waals surface area (Å²) in [6, 6.07) is 21.6. The number of rotatable bonds is 10. The number of amides is 2. The molecule has 1 atom stereocenters. The average molecular weight is 618 g/mol. The Hall–Kier alpha value is -2.54. The highest BCUT2D eigenvalue weighted by atomic mass is 79.9. The van der Waals surface area contributed by atoms with E-state index in [2.05, 4.69) is 21.2 Å². The number of hydrogen-bond donors (Lipinski definition) is 1. The molecule has 2 amide bonds. The van der Waals surface area contributed by atoms with Crippen LogP contribution in [0.15, 0.2) is 77.3 Å². The molecule has 8 heteroatoms. The predicted octanol–water partition coefficient (Wildman–Crippen LogP) is 7.22. The van der Waals surface area contributed by atoms with Gasteiger partial charge in [0.2, 0.25) is 5.91 Å². The summed E-state index contributed by atoms with van der Waals surface area (Å²) < 4.78 is 6.52. The molecule has 1 aliphatic carbocycles. The van der Waals surface area contributed by atoms with Crippen molar-refractivity contribution in [2.24, 2.45) is 0 Å². The number of benzene rings is 3. The minimum atomic E-state index is -0.736. The van der Waals surface area contributed by atoms with Gasteiger partial charge in [-0.15, -0.1) is 0 Å². The van der Waals surface area contributed by atoms with Gasteiger partial charge in [0.15, 0.2) is 6.61 Å². The quantitative estimate of drug-likeness (QED) is 0.261. The van der Waals surface area contributed by atoms with E-state index in [-0.39, 0.29) is 31.0 Å². The first-order valence-corrected chi connectivity index (χ1v) is 14.4. The summed E-state index contributed by atoms with van der Waals surface area (Å²) in [5.41, 5.74) is 1.73. The SMILES string of the molecule is O=C(NC1CCCCC1)C(Cc1ccccc1)N(Cc1ccccc1Cl)C(=O)COc1ccc(Cl)cc1Br. The molecule has 0 heterocycles. The Morgan fingerprint density at radius 2 is 1.68 bits per heavy atom. The summed E-state index contributed by atoms with van der Waals surface area (Å²) >= 11 is 16.0. The van der Waals surface area contributed by atoms with E-state index in [1.165, 1.54) is 6.42 Å². The fourth-order valence-corrected chi connectivity index (χ4v) is 5.72. The van der Waals surface area contributed by atoms with Crippen LogP contribution in [0, 0.1) is 0 Å². The molecule has 1 fully saturated rings. The van der Waals surface area contributed by atoms with Gasteiger partial charge >= 0.3 is 0 Å². The number of ether oxygens (including phenoxy) is 1. The van der Waals surface area contributed by atoms with E-state index in [0.29, 0.717) is 26.7 Å². The minimum absolute atomic E-state index is 0.119. The second kappa shape index (κ2) is 14.0. The van der Waals surface area contributed by atoms with Crippen LogP contribution in [0.4, 0.5) is 0 Å². The second-order valence-electron chi connectivity index (χ2n) is 9.53. The van der Waals surface area contributed by atoms with Crippen LogP contribution < -0.4 is 10.1 Å². The molecule has 1 unspecified atom stereocenters. The summed E-state index contributed by atoms with van der Waals surface area (Å²) in [6.45, 7) is -0.0636. The molecule has 5 nitrogen and oxygen atoms in total. The van der Waals surface area contributed by atoms with Gasteiger partial charge in [-0.3, -0.25) is 9.59 Å². The summed E-state index contributed by atoms with van der Waals surface area (Å²) in [5.74, 6) is 0.0204. The fraction of sp³-hybridized carbons (Fsp3) is 0.333. The number of nitrogens with zero attached hydrogens (tertiary/aromatic N) is 1. The third-order valence-corrected chi connectivity index (χ3v) is 7.99. The van der Waals surface area contributed by atoms with Crippen molar-refractivity contribution in [1.82, 2.24) is 10.2 Å². The predicted molar refractivity (Wildman–Crippen MR) is 156 cm³/mol. The fourth-order valence-electron chi connectivity index (χ4n) is 4.72. The Labute approximate surface area is 242 Å². The van der Waals surface area contributed by atoms with Crippen molar-refractivity contribution in [2.75, 3.05) is 6.61 Å². The molecule has 200 valence electrons. The molecular weight excluding hydrogens is 587 g/mol. The van der Waals surface area contributed by atoms with Gasteiger partial charge in [-0.05, 0) is 64.2 Å². The number of nitrogens with one attached hydrogen (secondary N) is 1. The van der Waals surface area contributed by atoms with Crippen LogP contribution in [-0.4, -0.2) is 35.4 Å². The van der Waals surface area contributed by atoms with Gasteiger partial charge in [0, 0.05) is 29.1 Å². The highest BCUT2D eigenvalue weighted by molar-refractivity contribution is 9.10. The Kier molecular flexibility index (Phi) is 10.5. The number of hydrogen-bond acceptors (Lipinski definition) is 3. The summed E-state index contributed by atoms with van der Waals surface area (Å²) in [6.07, 6.45) is 5.67. The zero-order valence-corrected chi connectivity index (χ0v) is 24.1. The van der Waals surface area contributed by atoms with Gasteiger partial charge in [0.1, 0.15) is 11.8 Å². The maximum Gasteiger partial charge on any atom is 0.261 e. The summed E-state index contributed by atoms with van der Waals surface area (Å²) in [5, 5.41) is 4.33. The second-order valence-corrected chi connectivity index (χ2v) is 11.2. The average Bonchev–Trinajstić information content (AvgIpc) is 2.92. The summed E-state index contributed by atoms with van der Waals surface area (Å²) in [4.78, 5) is 29.2. The number of carbonyl (C=O) groups is 2. The van der Waals surface area contributed by atoms with Crippen LogP contribution in [0.25, 0.3) is 0 Å². The van der Waals surface area contributed by atoms with E-state index < -0.39 is 6.04 Å². The van der Waals surface area contributed by atoms with Crippen LogP contribution in [0.3, 0.4) is 0 Å². The lowest BCUT2D eigenvalue weighted by Gasteiger charge is -2.33. The Morgan fingerprint density at radius 1 is 0.974 bits per heavy atom. The molecule has 3 aromatic carbocycles. The van der Waals surface area contributed by atoms with E-state index in [1.54, 1.807) is 29.2 Å². The molecule has 38 heavy (non-hydrogen) atoms. The van der Waals surface area contributed by atoms with Crippen LogP contribution >= 0.6 is 39.1 Å². The first kappa shape index (κ1) is 28.5. The lowest BCUT2D eigenvalue weighted by Crippen LogP contribution is -2.53. The van der Waals surface area contributed by atoms with Gasteiger partial charge in [-0.1, -0.05) is 91.0 Å². The topological polar surface area (TPSA) is 58.6 Å². The molecule has 1 N–H and O–H groups in total. The Morgan fingerprint density at radius 3 is 2.39 bits per heavy atom. The normalized spacial score (nSPS) is 14.5. The maximum atomic E-state index is 13.8. The third-order valence-electron chi connectivity index (χ3n) is 6.77. The van der Waals surface area contributed by atoms with Crippen molar-refractivity contribution < 1.29 is 14.3 Å². The van der Waals surface area contributed by atoms with Gasteiger partial charge in [-0.2, -0.15) is 0 Å². The minimum Gasteiger partial charge on any atom is -0.483 e. The molecule has 0 radical (unpaired) electrons. The van der Waals surface area contributed by atoms with Crippen LogP contribution in [0.1, 0.15) is 43.2 Å². The molecule has 0 aromatic heterocycles. The van der Waals surface area contributed by atoms with Crippen molar-refractivity contribution >= 4 is 50.9 Å². The van der Waals surface area contributed by atoms with E-state index in [9.17, 15) is 9.59 Å². The molecule has 4 rings (SSSR count). The van der Waals surface area contributed by atoms with E-state index in [1.807, 2.05) is 48.5 Å². The van der Waals surface area contributed by atoms with E-state index in [0.717, 1.165) is 36.8 Å². The molecule has 0 saturated heterocycles. The van der Waals surface area contributed by atoms with Crippen molar-refractivity contribution in [3.63, 3.8) is 0 Å². The first-order valence-electron chi connectivity index (χ1n) is 12.9. The largest absolute Gasteiger partial charge is 0.483 e. The Bertz CT molecular complexity index is 1240. The molecule has 0 bridgehead atoms. The number of halogens is 3. The summed E-state index contributed by atoms with van der Waals surface area (Å²) in [7, 11) is 0. The van der Waals surface area contributed by atoms with Gasteiger partial charge < -0.3 is 15.0 Å². The maximum absolute atomic E-state index is 13.8. The van der Waals surface area contributed by atoms with E-state index in [4.69, 9.17) is 27.9 Å². The van der Waals surface area contributed by atoms with Gasteiger partial charge in [0.25, 0.3) is 5.91 Å². The van der Waals surface area contributed by atoms with E-state index >= 15 is 0 Å². The monoisotopic (exact) mass is 616 g/mol. The molecule has 0 aliphatic heterocycles. The lowest BCUT2D eigenvalue weighted by molar-refractivity contribution is -0.143. The van der Waals surface area contributed by atoms with Gasteiger partial charge in [-0.25, -0.2) is 0 Å².